The summed E-state index contributed by atoms with van der Waals surface area (Å²) >= 11 is 0. The molecule has 1 aromatic rings. The van der Waals surface area contributed by atoms with E-state index in [0.717, 1.165) is 43.9 Å². The lowest BCUT2D eigenvalue weighted by Gasteiger charge is -2.39. The number of likely N-dealkylation sites (tertiary alicyclic amines) is 1. The van der Waals surface area contributed by atoms with Crippen LogP contribution in [0.4, 0.5) is 0 Å². The Morgan fingerprint density at radius 3 is 2.86 bits per heavy atom. The topological polar surface area (TPSA) is 56.6 Å². The summed E-state index contributed by atoms with van der Waals surface area (Å²) in [6, 6.07) is 2.37. The molecule has 6 heteroatoms. The zero-order valence-electron chi connectivity index (χ0n) is 13.5. The van der Waals surface area contributed by atoms with Crippen LogP contribution in [0.2, 0.25) is 0 Å². The van der Waals surface area contributed by atoms with E-state index in [1.165, 1.54) is 6.42 Å². The average molecular weight is 307 g/mol. The molecule has 2 saturated heterocycles. The Labute approximate surface area is 131 Å². The molecular formula is C16H25N3O3. The van der Waals surface area contributed by atoms with Gasteiger partial charge in [-0.1, -0.05) is 0 Å². The van der Waals surface area contributed by atoms with Crippen LogP contribution in [-0.2, 0) is 14.3 Å². The zero-order valence-corrected chi connectivity index (χ0v) is 13.5. The summed E-state index contributed by atoms with van der Waals surface area (Å²) < 4.78 is 13.1. The van der Waals surface area contributed by atoms with Crippen LogP contribution in [0.1, 0.15) is 36.7 Å². The average Bonchev–Trinajstić information content (AvgIpc) is 2.77. The van der Waals surface area contributed by atoms with Crippen LogP contribution < -0.4 is 0 Å². The van der Waals surface area contributed by atoms with Gasteiger partial charge in [0.1, 0.15) is 6.61 Å². The molecule has 6 nitrogen and oxygen atoms in total. The van der Waals surface area contributed by atoms with Gasteiger partial charge >= 0.3 is 0 Å². The second-order valence-electron chi connectivity index (χ2n) is 6.33. The highest BCUT2D eigenvalue weighted by Crippen LogP contribution is 2.22. The Morgan fingerprint density at radius 2 is 2.23 bits per heavy atom. The van der Waals surface area contributed by atoms with E-state index in [0.29, 0.717) is 12.6 Å². The van der Waals surface area contributed by atoms with Gasteiger partial charge in [-0.15, -0.1) is 0 Å². The summed E-state index contributed by atoms with van der Waals surface area (Å²) in [7, 11) is 0. The molecule has 0 spiro atoms. The molecule has 1 aromatic heterocycles. The second kappa shape index (κ2) is 6.79. The number of aryl methyl sites for hydroxylation is 2. The van der Waals surface area contributed by atoms with Crippen molar-refractivity contribution in [2.45, 2.75) is 45.3 Å². The molecule has 0 bridgehead atoms. The molecule has 1 atom stereocenters. The fraction of sp³-hybridized carbons (Fsp3) is 0.750. The quantitative estimate of drug-likeness (QED) is 0.826. The second-order valence-corrected chi connectivity index (χ2v) is 6.33. The van der Waals surface area contributed by atoms with Crippen molar-refractivity contribution in [2.24, 2.45) is 0 Å². The first-order valence-corrected chi connectivity index (χ1v) is 8.13. The van der Waals surface area contributed by atoms with E-state index in [-0.39, 0.29) is 18.6 Å². The molecule has 122 valence electrons. The first-order chi connectivity index (χ1) is 10.6. The van der Waals surface area contributed by atoms with Gasteiger partial charge in [0, 0.05) is 25.4 Å². The molecule has 0 radical (unpaired) electrons. The van der Waals surface area contributed by atoms with Gasteiger partial charge in [-0.05, 0) is 39.2 Å². The molecule has 2 aliphatic rings. The lowest BCUT2D eigenvalue weighted by Crippen LogP contribution is -2.52. The number of ether oxygens (including phenoxy) is 2. The Balaban J connectivity index is 1.37. The smallest absolute Gasteiger partial charge is 0.248 e. The van der Waals surface area contributed by atoms with Gasteiger partial charge in [0.25, 0.3) is 0 Å². The van der Waals surface area contributed by atoms with Crippen molar-refractivity contribution in [3.63, 3.8) is 0 Å². The van der Waals surface area contributed by atoms with E-state index in [9.17, 15) is 4.79 Å². The number of hydrogen-bond donors (Lipinski definition) is 0. The van der Waals surface area contributed by atoms with Crippen molar-refractivity contribution >= 4 is 5.91 Å². The molecule has 3 heterocycles. The fourth-order valence-electron chi connectivity index (χ4n) is 3.14. The van der Waals surface area contributed by atoms with Crippen molar-refractivity contribution in [2.75, 3.05) is 32.9 Å². The van der Waals surface area contributed by atoms with Gasteiger partial charge < -0.3 is 14.4 Å². The highest BCUT2D eigenvalue weighted by Gasteiger charge is 2.33. The minimum absolute atomic E-state index is 0.0635. The van der Waals surface area contributed by atoms with Crippen molar-refractivity contribution in [1.82, 2.24) is 14.7 Å². The van der Waals surface area contributed by atoms with E-state index in [2.05, 4.69) is 18.1 Å². The summed E-state index contributed by atoms with van der Waals surface area (Å²) in [6.45, 7) is 7.00. The molecule has 0 N–H and O–H groups in total. The predicted octanol–water partition coefficient (Wildman–Crippen LogP) is 1.47. The third kappa shape index (κ3) is 3.50. The van der Waals surface area contributed by atoms with Crippen molar-refractivity contribution in [3.05, 3.63) is 17.5 Å². The van der Waals surface area contributed by atoms with Gasteiger partial charge in [-0.2, -0.15) is 5.10 Å². The van der Waals surface area contributed by atoms with E-state index >= 15 is 0 Å². The lowest BCUT2D eigenvalue weighted by atomic mass is 10.1. The highest BCUT2D eigenvalue weighted by atomic mass is 16.5. The SMILES string of the molecule is Cc1cc(C)n(C2CN(C(=O)COCC3CCCCO3)C2)n1. The van der Waals surface area contributed by atoms with Gasteiger partial charge in [0.2, 0.25) is 5.91 Å². The van der Waals surface area contributed by atoms with Gasteiger partial charge in [-0.3, -0.25) is 9.48 Å². The molecule has 0 aliphatic carbocycles. The van der Waals surface area contributed by atoms with E-state index in [1.807, 2.05) is 16.5 Å². The van der Waals surface area contributed by atoms with Crippen LogP contribution in [0.5, 0.6) is 0 Å². The van der Waals surface area contributed by atoms with E-state index < -0.39 is 0 Å². The molecule has 0 aromatic carbocycles. The largest absolute Gasteiger partial charge is 0.376 e. The molecule has 3 rings (SSSR count). The molecule has 22 heavy (non-hydrogen) atoms. The number of carbonyl (C=O) groups is 1. The molecule has 0 saturated carbocycles. The lowest BCUT2D eigenvalue weighted by molar-refractivity contribution is -0.144. The maximum absolute atomic E-state index is 12.1. The first kappa shape index (κ1) is 15.5. The molecule has 1 amide bonds. The molecule has 2 aliphatic heterocycles. The number of amides is 1. The number of rotatable bonds is 5. The summed E-state index contributed by atoms with van der Waals surface area (Å²) in [6.07, 6.45) is 3.54. The van der Waals surface area contributed by atoms with Crippen molar-refractivity contribution in [1.29, 1.82) is 0 Å². The predicted molar refractivity (Wildman–Crippen MR) is 81.7 cm³/mol. The Kier molecular flexibility index (Phi) is 4.78. The first-order valence-electron chi connectivity index (χ1n) is 8.13. The molecule has 1 unspecified atom stereocenters. The van der Waals surface area contributed by atoms with Gasteiger partial charge in [0.05, 0.1) is 24.4 Å². The summed E-state index contributed by atoms with van der Waals surface area (Å²) in [5.74, 6) is 0.0635. The van der Waals surface area contributed by atoms with Crippen LogP contribution >= 0.6 is 0 Å². The Hall–Kier alpha value is -1.40. The highest BCUT2D eigenvalue weighted by molar-refractivity contribution is 5.78. The van der Waals surface area contributed by atoms with E-state index in [1.54, 1.807) is 0 Å². The number of carbonyl (C=O) groups excluding carboxylic acids is 1. The van der Waals surface area contributed by atoms with Crippen LogP contribution in [-0.4, -0.2) is 59.6 Å². The fourth-order valence-corrected chi connectivity index (χ4v) is 3.14. The van der Waals surface area contributed by atoms with Crippen LogP contribution in [0, 0.1) is 13.8 Å². The van der Waals surface area contributed by atoms with Crippen molar-refractivity contribution < 1.29 is 14.3 Å². The van der Waals surface area contributed by atoms with Crippen LogP contribution in [0.3, 0.4) is 0 Å². The van der Waals surface area contributed by atoms with Crippen LogP contribution in [0.25, 0.3) is 0 Å². The minimum atomic E-state index is 0.0635. The standard InChI is InChI=1S/C16H25N3O3/c1-12-7-13(2)19(17-12)14-8-18(9-14)16(20)11-21-10-15-5-3-4-6-22-15/h7,14-15H,3-6,8-11H2,1-2H3. The number of nitrogens with zero attached hydrogens (tertiary/aromatic N) is 3. The minimum Gasteiger partial charge on any atom is -0.376 e. The normalized spacial score (nSPS) is 22.6. The summed E-state index contributed by atoms with van der Waals surface area (Å²) in [5, 5.41) is 4.48. The zero-order chi connectivity index (χ0) is 15.5. The van der Waals surface area contributed by atoms with Crippen LogP contribution in [0.15, 0.2) is 6.07 Å². The van der Waals surface area contributed by atoms with Gasteiger partial charge in [-0.25, -0.2) is 0 Å². The monoisotopic (exact) mass is 307 g/mol. The molecular weight excluding hydrogens is 282 g/mol. The third-order valence-electron chi connectivity index (χ3n) is 4.41. The third-order valence-corrected chi connectivity index (χ3v) is 4.41. The Bertz CT molecular complexity index is 517. The van der Waals surface area contributed by atoms with Gasteiger partial charge in [0.15, 0.2) is 0 Å². The maximum atomic E-state index is 12.1. The summed E-state index contributed by atoms with van der Waals surface area (Å²) in [5.41, 5.74) is 2.18. The maximum Gasteiger partial charge on any atom is 0.248 e. The summed E-state index contributed by atoms with van der Waals surface area (Å²) in [4.78, 5) is 13.9. The number of aromatic nitrogens is 2. The van der Waals surface area contributed by atoms with Crippen molar-refractivity contribution in [3.8, 4) is 0 Å². The van der Waals surface area contributed by atoms with E-state index in [4.69, 9.17) is 9.47 Å². The molecule has 2 fully saturated rings. The number of hydrogen-bond acceptors (Lipinski definition) is 4. The Morgan fingerprint density at radius 1 is 1.41 bits per heavy atom.